The predicted molar refractivity (Wildman–Crippen MR) is 53.9 cm³/mol. The molecule has 0 aromatic carbocycles. The van der Waals surface area contributed by atoms with E-state index >= 15 is 0 Å². The van der Waals surface area contributed by atoms with E-state index < -0.39 is 11.9 Å². The van der Waals surface area contributed by atoms with Gasteiger partial charge in [0.2, 0.25) is 5.91 Å². The molecule has 2 N–H and O–H groups in total. The van der Waals surface area contributed by atoms with Crippen LogP contribution in [0.25, 0.3) is 0 Å². The van der Waals surface area contributed by atoms with Crippen LogP contribution in [0.3, 0.4) is 0 Å². The molecule has 0 aliphatic rings. The van der Waals surface area contributed by atoms with Crippen LogP contribution in [0.1, 0.15) is 33.6 Å². The van der Waals surface area contributed by atoms with Gasteiger partial charge in [0, 0.05) is 12.5 Å². The molecule has 0 saturated carbocycles. The zero-order valence-corrected chi connectivity index (χ0v) is 9.04. The van der Waals surface area contributed by atoms with Gasteiger partial charge in [-0.15, -0.1) is 0 Å². The van der Waals surface area contributed by atoms with E-state index in [1.165, 1.54) is 0 Å². The van der Waals surface area contributed by atoms with Crippen molar-refractivity contribution in [2.75, 3.05) is 6.54 Å². The number of hydrogen-bond acceptors (Lipinski definition) is 2. The predicted octanol–water partition coefficient (Wildman–Crippen LogP) is 1.26. The molecule has 0 saturated heterocycles. The molecular formula is C10H19NO3. The lowest BCUT2D eigenvalue weighted by Gasteiger charge is -2.14. The Balaban J connectivity index is 3.89. The van der Waals surface area contributed by atoms with Gasteiger partial charge in [-0.3, -0.25) is 9.59 Å². The van der Waals surface area contributed by atoms with Gasteiger partial charge >= 0.3 is 5.97 Å². The lowest BCUT2D eigenvalue weighted by atomic mass is 10.0. The maximum absolute atomic E-state index is 11.4. The van der Waals surface area contributed by atoms with Crippen molar-refractivity contribution in [1.82, 2.24) is 5.32 Å². The third kappa shape index (κ3) is 4.25. The van der Waals surface area contributed by atoms with Crippen LogP contribution in [0.5, 0.6) is 0 Å². The average Bonchev–Trinajstić information content (AvgIpc) is 2.15. The molecular weight excluding hydrogens is 182 g/mol. The minimum Gasteiger partial charge on any atom is -0.481 e. The third-order valence-electron chi connectivity index (χ3n) is 2.36. The second kappa shape index (κ2) is 6.40. The number of rotatable bonds is 6. The Hall–Kier alpha value is -1.06. The minimum absolute atomic E-state index is 0.0102. The smallest absolute Gasteiger partial charge is 0.308 e. The number of aliphatic carboxylic acids is 1. The highest BCUT2D eigenvalue weighted by Gasteiger charge is 2.16. The largest absolute Gasteiger partial charge is 0.481 e. The molecule has 0 aromatic rings. The molecule has 1 atom stereocenters. The normalized spacial score (nSPS) is 12.6. The standard InChI is InChI=1S/C10H19NO3/c1-4-8(5-2)9(12)11-6-7(3)10(13)14/h7-8H,4-6H2,1-3H3,(H,11,12)(H,13,14). The summed E-state index contributed by atoms with van der Waals surface area (Å²) in [5, 5.41) is 11.2. The Labute approximate surface area is 84.7 Å². The van der Waals surface area contributed by atoms with Crippen molar-refractivity contribution in [3.8, 4) is 0 Å². The quantitative estimate of drug-likeness (QED) is 0.680. The topological polar surface area (TPSA) is 66.4 Å². The molecule has 0 aliphatic heterocycles. The second-order valence-corrected chi connectivity index (χ2v) is 3.50. The van der Waals surface area contributed by atoms with Crippen LogP contribution in [-0.2, 0) is 9.59 Å². The average molecular weight is 201 g/mol. The molecule has 1 unspecified atom stereocenters. The van der Waals surface area contributed by atoms with E-state index in [0.29, 0.717) is 0 Å². The minimum atomic E-state index is -0.880. The fourth-order valence-electron chi connectivity index (χ4n) is 1.14. The van der Waals surface area contributed by atoms with Gasteiger partial charge in [-0.2, -0.15) is 0 Å². The van der Waals surface area contributed by atoms with Crippen molar-refractivity contribution in [2.45, 2.75) is 33.6 Å². The first kappa shape index (κ1) is 12.9. The maximum atomic E-state index is 11.4. The van der Waals surface area contributed by atoms with Crippen molar-refractivity contribution in [1.29, 1.82) is 0 Å². The third-order valence-corrected chi connectivity index (χ3v) is 2.36. The van der Waals surface area contributed by atoms with Crippen LogP contribution >= 0.6 is 0 Å². The Bertz CT molecular complexity index is 200. The van der Waals surface area contributed by atoms with E-state index in [-0.39, 0.29) is 18.4 Å². The van der Waals surface area contributed by atoms with Crippen molar-refractivity contribution in [3.63, 3.8) is 0 Å². The fraction of sp³-hybridized carbons (Fsp3) is 0.800. The first-order valence-corrected chi connectivity index (χ1v) is 5.03. The van der Waals surface area contributed by atoms with E-state index in [2.05, 4.69) is 5.32 Å². The number of carbonyl (C=O) groups excluding carboxylic acids is 1. The molecule has 0 fully saturated rings. The van der Waals surface area contributed by atoms with Crippen LogP contribution in [-0.4, -0.2) is 23.5 Å². The number of nitrogens with one attached hydrogen (secondary N) is 1. The molecule has 0 radical (unpaired) electrons. The first-order valence-electron chi connectivity index (χ1n) is 5.03. The van der Waals surface area contributed by atoms with Crippen LogP contribution in [0.15, 0.2) is 0 Å². The summed E-state index contributed by atoms with van der Waals surface area (Å²) in [7, 11) is 0. The van der Waals surface area contributed by atoms with Crippen LogP contribution in [0.2, 0.25) is 0 Å². The Kier molecular flexibility index (Phi) is 5.92. The molecule has 0 spiro atoms. The van der Waals surface area contributed by atoms with E-state index in [1.807, 2.05) is 13.8 Å². The van der Waals surface area contributed by atoms with Crippen LogP contribution in [0, 0.1) is 11.8 Å². The summed E-state index contributed by atoms with van der Waals surface area (Å²) in [4.78, 5) is 21.9. The van der Waals surface area contributed by atoms with Crippen molar-refractivity contribution in [3.05, 3.63) is 0 Å². The van der Waals surface area contributed by atoms with Gasteiger partial charge in [0.25, 0.3) is 0 Å². The summed E-state index contributed by atoms with van der Waals surface area (Å²) < 4.78 is 0. The Morgan fingerprint density at radius 3 is 2.14 bits per heavy atom. The zero-order chi connectivity index (χ0) is 11.1. The fourth-order valence-corrected chi connectivity index (χ4v) is 1.14. The summed E-state index contributed by atoms with van der Waals surface area (Å²) in [5.41, 5.74) is 0. The molecule has 0 aliphatic carbocycles. The van der Waals surface area contributed by atoms with Gasteiger partial charge in [0.15, 0.2) is 0 Å². The summed E-state index contributed by atoms with van der Waals surface area (Å²) in [6.07, 6.45) is 1.59. The molecule has 14 heavy (non-hydrogen) atoms. The van der Waals surface area contributed by atoms with Crippen molar-refractivity contribution >= 4 is 11.9 Å². The molecule has 0 aromatic heterocycles. The maximum Gasteiger partial charge on any atom is 0.308 e. The molecule has 82 valence electrons. The van der Waals surface area contributed by atoms with Gasteiger partial charge in [0.05, 0.1) is 5.92 Å². The monoisotopic (exact) mass is 201 g/mol. The summed E-state index contributed by atoms with van der Waals surface area (Å²) >= 11 is 0. The number of amides is 1. The van der Waals surface area contributed by atoms with Gasteiger partial charge in [-0.25, -0.2) is 0 Å². The molecule has 4 nitrogen and oxygen atoms in total. The van der Waals surface area contributed by atoms with Crippen LogP contribution in [0.4, 0.5) is 0 Å². The number of carboxylic acid groups (broad SMARTS) is 1. The molecule has 0 heterocycles. The first-order chi connectivity index (χ1) is 6.52. The van der Waals surface area contributed by atoms with E-state index in [1.54, 1.807) is 6.92 Å². The highest BCUT2D eigenvalue weighted by Crippen LogP contribution is 2.07. The van der Waals surface area contributed by atoms with Crippen molar-refractivity contribution in [2.24, 2.45) is 11.8 Å². The van der Waals surface area contributed by atoms with E-state index in [0.717, 1.165) is 12.8 Å². The van der Waals surface area contributed by atoms with Gasteiger partial charge in [-0.05, 0) is 12.8 Å². The molecule has 1 amide bonds. The Morgan fingerprint density at radius 1 is 1.29 bits per heavy atom. The lowest BCUT2D eigenvalue weighted by Crippen LogP contribution is -2.35. The van der Waals surface area contributed by atoms with Gasteiger partial charge in [-0.1, -0.05) is 20.8 Å². The van der Waals surface area contributed by atoms with Crippen molar-refractivity contribution < 1.29 is 14.7 Å². The molecule has 0 rings (SSSR count). The lowest BCUT2D eigenvalue weighted by molar-refractivity contribution is -0.141. The molecule has 4 heteroatoms. The molecule has 0 bridgehead atoms. The number of hydrogen-bond donors (Lipinski definition) is 2. The zero-order valence-electron chi connectivity index (χ0n) is 9.04. The van der Waals surface area contributed by atoms with Gasteiger partial charge in [0.1, 0.15) is 0 Å². The van der Waals surface area contributed by atoms with Gasteiger partial charge < -0.3 is 10.4 Å². The summed E-state index contributed by atoms with van der Waals surface area (Å²) in [5.74, 6) is -1.43. The summed E-state index contributed by atoms with van der Waals surface area (Å²) in [6.45, 7) is 5.70. The second-order valence-electron chi connectivity index (χ2n) is 3.50. The highest BCUT2D eigenvalue weighted by atomic mass is 16.4. The number of carboxylic acids is 1. The summed E-state index contributed by atoms with van der Waals surface area (Å²) in [6, 6.07) is 0. The van der Waals surface area contributed by atoms with E-state index in [4.69, 9.17) is 5.11 Å². The highest BCUT2D eigenvalue weighted by molar-refractivity contribution is 5.79. The van der Waals surface area contributed by atoms with Crippen LogP contribution < -0.4 is 5.32 Å². The SMILES string of the molecule is CCC(CC)C(=O)NCC(C)C(=O)O. The Morgan fingerprint density at radius 2 is 1.79 bits per heavy atom. The number of carbonyl (C=O) groups is 2. The van der Waals surface area contributed by atoms with E-state index in [9.17, 15) is 9.59 Å².